The first-order valence-electron chi connectivity index (χ1n) is 6.95. The van der Waals surface area contributed by atoms with Crippen molar-refractivity contribution in [2.75, 3.05) is 13.1 Å². The highest BCUT2D eigenvalue weighted by atomic mass is 32.1. The molecule has 5 nitrogen and oxygen atoms in total. The number of aliphatic carboxylic acids is 1. The number of carboxylic acid groups (broad SMARTS) is 1. The number of hydrogen-bond acceptors (Lipinski definition) is 5. The summed E-state index contributed by atoms with van der Waals surface area (Å²) in [5.41, 5.74) is -0.132. The van der Waals surface area contributed by atoms with Gasteiger partial charge in [0.25, 0.3) is 5.91 Å². The lowest BCUT2D eigenvalue weighted by molar-refractivity contribution is -0.147. The van der Waals surface area contributed by atoms with Gasteiger partial charge in [-0.25, -0.2) is 4.98 Å². The zero-order chi connectivity index (χ0) is 15.9. The maximum Gasteiger partial charge on any atom is 0.311 e. The molecule has 7 heteroatoms. The Balaban J connectivity index is 1.83. The van der Waals surface area contributed by atoms with Crippen molar-refractivity contribution in [3.63, 3.8) is 0 Å². The number of thiazole rings is 1. The van der Waals surface area contributed by atoms with E-state index in [1.807, 2.05) is 24.4 Å². The molecule has 0 saturated carbocycles. The number of carbonyl (C=O) groups is 2. The molecule has 0 radical (unpaired) electrons. The molecule has 2 aromatic rings. The lowest BCUT2D eigenvalue weighted by Gasteiger charge is -2.19. The van der Waals surface area contributed by atoms with Gasteiger partial charge in [0.05, 0.1) is 16.0 Å². The average molecular weight is 336 g/mol. The van der Waals surface area contributed by atoms with Gasteiger partial charge in [0, 0.05) is 13.1 Å². The van der Waals surface area contributed by atoms with Gasteiger partial charge < -0.3 is 10.0 Å². The van der Waals surface area contributed by atoms with Crippen molar-refractivity contribution >= 4 is 34.6 Å². The quantitative estimate of drug-likeness (QED) is 0.935. The lowest BCUT2D eigenvalue weighted by Crippen LogP contribution is -2.34. The highest BCUT2D eigenvalue weighted by Crippen LogP contribution is 2.35. The zero-order valence-electron chi connectivity index (χ0n) is 12.3. The van der Waals surface area contributed by atoms with Crippen LogP contribution in [0.3, 0.4) is 0 Å². The van der Waals surface area contributed by atoms with E-state index in [1.54, 1.807) is 23.2 Å². The zero-order valence-corrected chi connectivity index (χ0v) is 14.0. The molecule has 3 heterocycles. The van der Waals surface area contributed by atoms with Crippen molar-refractivity contribution in [1.29, 1.82) is 0 Å². The molecule has 1 aliphatic heterocycles. The number of carbonyl (C=O) groups excluding carboxylic acids is 1. The average Bonchev–Trinajstić information content (AvgIpc) is 3.17. The van der Waals surface area contributed by atoms with Crippen LogP contribution in [0.25, 0.3) is 9.88 Å². The maximum atomic E-state index is 12.7. The second kappa shape index (κ2) is 5.48. The summed E-state index contributed by atoms with van der Waals surface area (Å²) < 4.78 is 0. The monoisotopic (exact) mass is 336 g/mol. The van der Waals surface area contributed by atoms with E-state index in [-0.39, 0.29) is 12.5 Å². The Morgan fingerprint density at radius 3 is 2.82 bits per heavy atom. The summed E-state index contributed by atoms with van der Waals surface area (Å²) >= 11 is 2.97. The van der Waals surface area contributed by atoms with Crippen LogP contribution in [0.15, 0.2) is 17.5 Å². The number of nitrogens with zero attached hydrogens (tertiary/aromatic N) is 2. The van der Waals surface area contributed by atoms with Crippen LogP contribution in [0.1, 0.15) is 28.7 Å². The summed E-state index contributed by atoms with van der Waals surface area (Å²) in [7, 11) is 0. The third kappa shape index (κ3) is 2.55. The molecule has 22 heavy (non-hydrogen) atoms. The van der Waals surface area contributed by atoms with E-state index in [0.717, 1.165) is 9.88 Å². The van der Waals surface area contributed by atoms with E-state index in [1.165, 1.54) is 11.3 Å². The van der Waals surface area contributed by atoms with Gasteiger partial charge in [-0.15, -0.1) is 22.7 Å². The van der Waals surface area contributed by atoms with Crippen LogP contribution in [0, 0.1) is 12.3 Å². The molecule has 1 unspecified atom stereocenters. The van der Waals surface area contributed by atoms with Gasteiger partial charge in [0.15, 0.2) is 0 Å². The third-order valence-corrected chi connectivity index (χ3v) is 6.18. The van der Waals surface area contributed by atoms with E-state index >= 15 is 0 Å². The minimum atomic E-state index is -0.844. The summed E-state index contributed by atoms with van der Waals surface area (Å²) in [6, 6.07) is 3.94. The van der Waals surface area contributed by atoms with Crippen LogP contribution in [0.2, 0.25) is 0 Å². The number of amides is 1. The van der Waals surface area contributed by atoms with E-state index in [2.05, 4.69) is 4.98 Å². The molecule has 0 aliphatic carbocycles. The van der Waals surface area contributed by atoms with Gasteiger partial charge in [-0.3, -0.25) is 9.59 Å². The molecule has 0 bridgehead atoms. The van der Waals surface area contributed by atoms with Crippen molar-refractivity contribution in [2.24, 2.45) is 5.41 Å². The molecular weight excluding hydrogens is 320 g/mol. The molecule has 1 fully saturated rings. The first-order chi connectivity index (χ1) is 10.4. The maximum absolute atomic E-state index is 12.7. The van der Waals surface area contributed by atoms with Crippen molar-refractivity contribution in [3.8, 4) is 9.88 Å². The highest BCUT2D eigenvalue weighted by molar-refractivity contribution is 7.22. The topological polar surface area (TPSA) is 70.5 Å². The highest BCUT2D eigenvalue weighted by Gasteiger charge is 2.42. The van der Waals surface area contributed by atoms with Crippen LogP contribution < -0.4 is 0 Å². The fourth-order valence-corrected chi connectivity index (χ4v) is 4.38. The minimum Gasteiger partial charge on any atom is -0.481 e. The Morgan fingerprint density at radius 2 is 2.23 bits per heavy atom. The Bertz CT molecular complexity index is 723. The Kier molecular flexibility index (Phi) is 3.78. The van der Waals surface area contributed by atoms with E-state index in [9.17, 15) is 14.7 Å². The summed E-state index contributed by atoms with van der Waals surface area (Å²) in [4.78, 5) is 31.7. The number of carboxylic acids is 1. The number of rotatable bonds is 3. The second-order valence-corrected chi connectivity index (χ2v) is 7.70. The molecule has 1 N–H and O–H groups in total. The van der Waals surface area contributed by atoms with E-state index in [4.69, 9.17) is 0 Å². The number of aryl methyl sites for hydroxylation is 1. The predicted octanol–water partition coefficient (Wildman–Crippen LogP) is 3.12. The van der Waals surface area contributed by atoms with Crippen molar-refractivity contribution in [1.82, 2.24) is 9.88 Å². The first-order valence-corrected chi connectivity index (χ1v) is 8.64. The number of likely N-dealkylation sites (tertiary alicyclic amines) is 1. The van der Waals surface area contributed by atoms with E-state index in [0.29, 0.717) is 23.5 Å². The summed E-state index contributed by atoms with van der Waals surface area (Å²) in [5, 5.41) is 12.1. The first kappa shape index (κ1) is 15.2. The molecular formula is C15H16N2O3S2. The van der Waals surface area contributed by atoms with Crippen LogP contribution in [0.4, 0.5) is 0 Å². The van der Waals surface area contributed by atoms with Gasteiger partial charge in [-0.2, -0.15) is 0 Å². The number of thiophene rings is 1. The number of hydrogen-bond donors (Lipinski definition) is 1. The molecule has 3 rings (SSSR count). The fraction of sp³-hybridized carbons (Fsp3) is 0.400. The Morgan fingerprint density at radius 1 is 1.45 bits per heavy atom. The van der Waals surface area contributed by atoms with E-state index < -0.39 is 11.4 Å². The summed E-state index contributed by atoms with van der Waals surface area (Å²) in [5.74, 6) is -0.953. The van der Waals surface area contributed by atoms with Crippen LogP contribution in [-0.4, -0.2) is 40.0 Å². The standard InChI is InChI=1S/C15H16N2O3S2/c1-9-11(22-12(16-9)10-4-3-7-21-10)13(18)17-6-5-15(2,8-17)14(19)20/h3-4,7H,5-6,8H2,1-2H3,(H,19,20). The van der Waals surface area contributed by atoms with Gasteiger partial charge in [0.1, 0.15) is 9.88 Å². The molecule has 1 saturated heterocycles. The Labute approximate surface area is 136 Å². The smallest absolute Gasteiger partial charge is 0.311 e. The molecule has 0 spiro atoms. The van der Waals surface area contributed by atoms with Gasteiger partial charge in [-0.05, 0) is 31.7 Å². The van der Waals surface area contributed by atoms with Crippen molar-refractivity contribution in [3.05, 3.63) is 28.1 Å². The SMILES string of the molecule is Cc1nc(-c2cccs2)sc1C(=O)N1CCC(C)(C(=O)O)C1. The van der Waals surface area contributed by atoms with Crippen LogP contribution >= 0.6 is 22.7 Å². The molecule has 2 aromatic heterocycles. The third-order valence-electron chi connectivity index (χ3n) is 4.00. The second-order valence-electron chi connectivity index (χ2n) is 5.75. The predicted molar refractivity (Wildman–Crippen MR) is 86.4 cm³/mol. The molecule has 1 atom stereocenters. The van der Waals surface area contributed by atoms with Gasteiger partial charge in [-0.1, -0.05) is 6.07 Å². The molecule has 1 aliphatic rings. The largest absolute Gasteiger partial charge is 0.481 e. The molecule has 0 aromatic carbocycles. The van der Waals surface area contributed by atoms with Crippen molar-refractivity contribution < 1.29 is 14.7 Å². The summed E-state index contributed by atoms with van der Waals surface area (Å²) in [6.45, 7) is 4.26. The lowest BCUT2D eigenvalue weighted by atomic mass is 9.90. The van der Waals surface area contributed by atoms with Gasteiger partial charge >= 0.3 is 5.97 Å². The molecule has 116 valence electrons. The molecule has 1 amide bonds. The van der Waals surface area contributed by atoms with Gasteiger partial charge in [0.2, 0.25) is 0 Å². The Hall–Kier alpha value is -1.73. The van der Waals surface area contributed by atoms with Crippen LogP contribution in [0.5, 0.6) is 0 Å². The fourth-order valence-electron chi connectivity index (χ4n) is 2.55. The number of aromatic nitrogens is 1. The normalized spacial score (nSPS) is 21.3. The minimum absolute atomic E-state index is 0.109. The van der Waals surface area contributed by atoms with Crippen molar-refractivity contribution in [2.45, 2.75) is 20.3 Å². The van der Waals surface area contributed by atoms with Crippen LogP contribution in [-0.2, 0) is 4.79 Å². The summed E-state index contributed by atoms with van der Waals surface area (Å²) in [6.07, 6.45) is 0.490.